The van der Waals surface area contributed by atoms with E-state index in [1.165, 1.54) is 82.3 Å². The van der Waals surface area contributed by atoms with Crippen LogP contribution in [0.2, 0.25) is 0 Å². The van der Waals surface area contributed by atoms with Crippen molar-refractivity contribution in [3.05, 3.63) is 237 Å². The van der Waals surface area contributed by atoms with Crippen LogP contribution in [0.15, 0.2) is 237 Å². The van der Waals surface area contributed by atoms with Gasteiger partial charge in [0, 0.05) is 32.8 Å². The molecule has 65 heavy (non-hydrogen) atoms. The molecule has 2 heterocycles. The van der Waals surface area contributed by atoms with Crippen LogP contribution >= 0.6 is 0 Å². The van der Waals surface area contributed by atoms with Gasteiger partial charge in [-0.15, -0.1) is 0 Å². The highest BCUT2D eigenvalue weighted by molar-refractivity contribution is 6.23. The van der Waals surface area contributed by atoms with Crippen LogP contribution in [-0.2, 0) is 0 Å². The first-order valence-corrected chi connectivity index (χ1v) is 22.2. The van der Waals surface area contributed by atoms with E-state index in [0.717, 1.165) is 44.3 Å². The molecule has 13 rings (SSSR count). The smallest absolute Gasteiger partial charge is 0.0979 e. The van der Waals surface area contributed by atoms with Gasteiger partial charge in [-0.2, -0.15) is 0 Å². The highest BCUT2D eigenvalue weighted by Gasteiger charge is 2.16. The topological polar surface area (TPSA) is 30.7 Å². The number of rotatable bonds is 6. The molecule has 0 fully saturated rings. The quantitative estimate of drug-likeness (QED) is 0.156. The minimum Gasteiger partial charge on any atom is -0.309 e. The number of benzene rings is 11. The Morgan fingerprint density at radius 3 is 1.48 bits per heavy atom. The third-order valence-corrected chi connectivity index (χ3v) is 13.3. The van der Waals surface area contributed by atoms with Crippen LogP contribution in [0.4, 0.5) is 0 Å². The summed E-state index contributed by atoms with van der Waals surface area (Å²) in [5.41, 5.74) is 16.8. The van der Waals surface area contributed by atoms with E-state index in [-0.39, 0.29) is 0 Å². The number of nitrogens with zero attached hydrogens (tertiary/aromatic N) is 3. The molecule has 0 aliphatic carbocycles. The summed E-state index contributed by atoms with van der Waals surface area (Å²) in [7, 11) is 0. The van der Waals surface area contributed by atoms with Gasteiger partial charge in [0.05, 0.1) is 34.0 Å². The number of para-hydroxylation sites is 1. The zero-order chi connectivity index (χ0) is 42.8. The molecule has 0 N–H and O–H groups in total. The Bertz CT molecular complexity index is 3930. The maximum atomic E-state index is 5.21. The molecule has 0 amide bonds. The molecular formula is C62H39N3. The second kappa shape index (κ2) is 15.0. The molecule has 0 saturated carbocycles. The van der Waals surface area contributed by atoms with Gasteiger partial charge in [0.1, 0.15) is 0 Å². The molecule has 0 bridgehead atoms. The Morgan fingerprint density at radius 1 is 0.292 bits per heavy atom. The van der Waals surface area contributed by atoms with Gasteiger partial charge in [-0.3, -0.25) is 4.98 Å². The van der Waals surface area contributed by atoms with Gasteiger partial charge in [0.2, 0.25) is 0 Å². The van der Waals surface area contributed by atoms with Gasteiger partial charge in [0.15, 0.2) is 0 Å². The van der Waals surface area contributed by atoms with Gasteiger partial charge < -0.3 is 4.57 Å². The van der Waals surface area contributed by atoms with Crippen LogP contribution in [0.1, 0.15) is 0 Å². The average Bonchev–Trinajstić information content (AvgIpc) is 3.72. The van der Waals surface area contributed by atoms with Crippen molar-refractivity contribution in [3.8, 4) is 61.5 Å². The summed E-state index contributed by atoms with van der Waals surface area (Å²) in [5, 5.41) is 9.67. The molecule has 3 heteroatoms. The van der Waals surface area contributed by atoms with Crippen molar-refractivity contribution in [2.45, 2.75) is 0 Å². The van der Waals surface area contributed by atoms with E-state index in [1.807, 2.05) is 6.20 Å². The predicted molar refractivity (Wildman–Crippen MR) is 274 cm³/mol. The van der Waals surface area contributed by atoms with Crippen LogP contribution in [-0.4, -0.2) is 14.5 Å². The van der Waals surface area contributed by atoms with Crippen molar-refractivity contribution in [3.63, 3.8) is 0 Å². The van der Waals surface area contributed by atoms with E-state index < -0.39 is 0 Å². The molecule has 0 saturated heterocycles. The van der Waals surface area contributed by atoms with E-state index in [9.17, 15) is 0 Å². The van der Waals surface area contributed by atoms with Crippen molar-refractivity contribution in [1.29, 1.82) is 0 Å². The van der Waals surface area contributed by atoms with Crippen LogP contribution in [0.5, 0.6) is 0 Å². The molecule has 13 aromatic rings. The molecule has 302 valence electrons. The number of hydrogen-bond acceptors (Lipinski definition) is 2. The molecule has 0 unspecified atom stereocenters. The first kappa shape index (κ1) is 36.9. The largest absolute Gasteiger partial charge is 0.309 e. The third-order valence-electron chi connectivity index (χ3n) is 13.3. The zero-order valence-corrected chi connectivity index (χ0v) is 35.4. The Kier molecular flexibility index (Phi) is 8.53. The van der Waals surface area contributed by atoms with Crippen LogP contribution in [0.25, 0.3) is 127 Å². The van der Waals surface area contributed by atoms with Crippen molar-refractivity contribution in [2.24, 2.45) is 0 Å². The molecule has 11 aromatic carbocycles. The third kappa shape index (κ3) is 6.20. The minimum atomic E-state index is 0.866. The Hall–Kier alpha value is -8.66. The Balaban J connectivity index is 0.795. The summed E-state index contributed by atoms with van der Waals surface area (Å²) in [6.07, 6.45) is 1.91. The van der Waals surface area contributed by atoms with Gasteiger partial charge in [-0.25, -0.2) is 4.98 Å². The average molecular weight is 826 g/mol. The lowest BCUT2D eigenvalue weighted by Gasteiger charge is -2.12. The molecule has 3 nitrogen and oxygen atoms in total. The summed E-state index contributed by atoms with van der Waals surface area (Å²) in [6, 6.07) is 83.3. The van der Waals surface area contributed by atoms with E-state index in [4.69, 9.17) is 9.97 Å². The fourth-order valence-corrected chi connectivity index (χ4v) is 10.0. The summed E-state index contributed by atoms with van der Waals surface area (Å²) in [5.74, 6) is 0. The monoisotopic (exact) mass is 825 g/mol. The predicted octanol–water partition coefficient (Wildman–Crippen LogP) is 16.5. The first-order valence-electron chi connectivity index (χ1n) is 22.2. The fourth-order valence-electron chi connectivity index (χ4n) is 10.0. The van der Waals surface area contributed by atoms with E-state index in [2.05, 4.69) is 235 Å². The van der Waals surface area contributed by atoms with Gasteiger partial charge in [-0.05, 0) is 96.4 Å². The highest BCUT2D eigenvalue weighted by atomic mass is 15.0. The summed E-state index contributed by atoms with van der Waals surface area (Å²) < 4.78 is 2.41. The zero-order valence-electron chi connectivity index (χ0n) is 35.4. The maximum absolute atomic E-state index is 5.21. The number of aromatic nitrogens is 3. The van der Waals surface area contributed by atoms with E-state index >= 15 is 0 Å². The normalized spacial score (nSPS) is 11.7. The van der Waals surface area contributed by atoms with Crippen LogP contribution in [0.3, 0.4) is 0 Å². The lowest BCUT2D eigenvalue weighted by atomic mass is 9.96. The van der Waals surface area contributed by atoms with Crippen LogP contribution < -0.4 is 0 Å². The van der Waals surface area contributed by atoms with Crippen molar-refractivity contribution < 1.29 is 0 Å². The van der Waals surface area contributed by atoms with Gasteiger partial charge in [0.25, 0.3) is 0 Å². The molecule has 0 spiro atoms. The highest BCUT2D eigenvalue weighted by Crippen LogP contribution is 2.38. The summed E-state index contributed by atoms with van der Waals surface area (Å²) in [6.45, 7) is 0. The van der Waals surface area contributed by atoms with Crippen LogP contribution in [0, 0.1) is 0 Å². The first-order chi connectivity index (χ1) is 32.2. The van der Waals surface area contributed by atoms with Gasteiger partial charge >= 0.3 is 0 Å². The van der Waals surface area contributed by atoms with E-state index in [0.29, 0.717) is 0 Å². The number of fused-ring (bicyclic) bond motifs is 10. The molecule has 0 aliphatic rings. The summed E-state index contributed by atoms with van der Waals surface area (Å²) in [4.78, 5) is 10.2. The Morgan fingerprint density at radius 2 is 0.785 bits per heavy atom. The molecular weight excluding hydrogens is 787 g/mol. The lowest BCUT2D eigenvalue weighted by molar-refractivity contribution is 1.18. The van der Waals surface area contributed by atoms with E-state index in [1.54, 1.807) is 0 Å². The lowest BCUT2D eigenvalue weighted by Crippen LogP contribution is -1.94. The maximum Gasteiger partial charge on any atom is 0.0979 e. The fraction of sp³-hybridized carbons (Fsp3) is 0. The van der Waals surface area contributed by atoms with Gasteiger partial charge in [-0.1, -0.05) is 200 Å². The van der Waals surface area contributed by atoms with Crippen molar-refractivity contribution >= 4 is 65.2 Å². The second-order valence-electron chi connectivity index (χ2n) is 16.9. The Labute approximate surface area is 376 Å². The SMILES string of the molecule is c1cc(-c2ccc(-c3ccc4c5ccccc5n(-c5ccc(-c6cccc7ccccc67)cc5)c4c3)cc2)cc(-c2ccc(-c3cnc4c5ccccc5c5ccccc5c4n3)cc2)c1. The number of hydrogen-bond donors (Lipinski definition) is 0. The second-order valence-corrected chi connectivity index (χ2v) is 16.9. The molecule has 0 radical (unpaired) electrons. The molecule has 0 atom stereocenters. The van der Waals surface area contributed by atoms with Crippen molar-refractivity contribution in [2.75, 3.05) is 0 Å². The molecule has 2 aromatic heterocycles. The van der Waals surface area contributed by atoms with Crippen molar-refractivity contribution in [1.82, 2.24) is 14.5 Å². The molecule has 0 aliphatic heterocycles. The summed E-state index contributed by atoms with van der Waals surface area (Å²) >= 11 is 0. The minimum absolute atomic E-state index is 0.866. The standard InChI is InChI=1S/C62H39N3/c1-2-15-50-43(11-1)12-10-21-51(50)44-31-34-49(35-32-44)65-59-22-8-7-18-54(59)55-36-33-48(38-60(55)65)42-25-23-40(24-26-42)46-13-9-14-47(37-46)41-27-29-45(30-28-41)58-39-63-61-56-19-5-3-16-52(56)53-17-4-6-20-57(53)62(61)64-58/h1-39H.